The monoisotopic (exact) mass is 507 g/mol. The highest BCUT2D eigenvalue weighted by atomic mass is 32.3. The van der Waals surface area contributed by atoms with E-state index in [1.165, 1.54) is 46.3 Å². The molecule has 0 aliphatic carbocycles. The topological polar surface area (TPSA) is 78.0 Å². The zero-order chi connectivity index (χ0) is 26.3. The van der Waals surface area contributed by atoms with Crippen molar-refractivity contribution in [2.45, 2.75) is 27.3 Å². The lowest BCUT2D eigenvalue weighted by molar-refractivity contribution is -0.656. The highest BCUT2D eigenvalue weighted by Gasteiger charge is 2.22. The second kappa shape index (κ2) is 12.0. The largest absolute Gasteiger partial charge is 0.726 e. The molecular weight excluding hydrogens is 474 g/mol. The minimum Gasteiger partial charge on any atom is -0.726 e. The van der Waals surface area contributed by atoms with E-state index in [1.54, 1.807) is 0 Å². The molecule has 8 heteroatoms. The summed E-state index contributed by atoms with van der Waals surface area (Å²) in [6, 6.07) is 23.7. The third-order valence-corrected chi connectivity index (χ3v) is 6.24. The van der Waals surface area contributed by atoms with Crippen molar-refractivity contribution in [2.75, 3.05) is 25.6 Å². The second-order valence-electron chi connectivity index (χ2n) is 8.37. The normalized spacial score (nSPS) is 11.5. The van der Waals surface area contributed by atoms with Gasteiger partial charge in [-0.25, -0.2) is 13.0 Å². The number of aryl methyl sites for hydroxylation is 2. The fraction of sp³-hybridized carbons (Fsp3) is 0.250. The van der Waals surface area contributed by atoms with E-state index in [9.17, 15) is 13.0 Å². The van der Waals surface area contributed by atoms with Gasteiger partial charge in [0, 0.05) is 38.3 Å². The van der Waals surface area contributed by atoms with Crippen LogP contribution in [-0.4, -0.2) is 38.1 Å². The van der Waals surface area contributed by atoms with Crippen molar-refractivity contribution < 1.29 is 21.7 Å². The summed E-state index contributed by atoms with van der Waals surface area (Å²) in [5.41, 5.74) is 8.65. The van der Waals surface area contributed by atoms with Gasteiger partial charge in [-0.2, -0.15) is 4.40 Å². The number of pyridine rings is 1. The van der Waals surface area contributed by atoms with Gasteiger partial charge >= 0.3 is 0 Å². The Bertz CT molecular complexity index is 1430. The van der Waals surface area contributed by atoms with Gasteiger partial charge in [0.2, 0.25) is 10.4 Å². The summed E-state index contributed by atoms with van der Waals surface area (Å²) >= 11 is 0. The van der Waals surface area contributed by atoms with Crippen molar-refractivity contribution >= 4 is 33.9 Å². The molecule has 190 valence electrons. The number of hydrogen-bond acceptors (Lipinski definition) is 5. The smallest absolute Gasteiger partial charge is 0.287 e. The molecule has 0 aliphatic heterocycles. The van der Waals surface area contributed by atoms with Gasteiger partial charge in [0.15, 0.2) is 11.4 Å². The molecule has 0 atom stereocenters. The second-order valence-corrected chi connectivity index (χ2v) is 9.42. The summed E-state index contributed by atoms with van der Waals surface area (Å²) in [5, 5.41) is 0. The number of anilines is 1. The van der Waals surface area contributed by atoms with Crippen molar-refractivity contribution in [3.8, 4) is 11.3 Å². The zero-order valence-electron chi connectivity index (χ0n) is 21.4. The van der Waals surface area contributed by atoms with Crippen LogP contribution in [0.1, 0.15) is 30.7 Å². The Morgan fingerprint density at radius 2 is 1.61 bits per heavy atom. The van der Waals surface area contributed by atoms with Crippen molar-refractivity contribution in [3.63, 3.8) is 0 Å². The zero-order valence-corrected chi connectivity index (χ0v) is 22.2. The first-order valence-corrected chi connectivity index (χ1v) is 13.1. The van der Waals surface area contributed by atoms with Crippen molar-refractivity contribution in [1.29, 1.82) is 0 Å². The summed E-state index contributed by atoms with van der Waals surface area (Å²) in [4.78, 5) is 2.12. The average Bonchev–Trinajstić information content (AvgIpc) is 3.14. The molecule has 0 amide bonds. The molecule has 0 fully saturated rings. The van der Waals surface area contributed by atoms with Gasteiger partial charge in [-0.05, 0) is 43.2 Å². The Morgan fingerprint density at radius 1 is 0.972 bits per heavy atom. The predicted molar refractivity (Wildman–Crippen MR) is 144 cm³/mol. The maximum Gasteiger partial charge on any atom is 0.287 e. The Labute approximate surface area is 213 Å². The number of fused-ring (bicyclic) bond motifs is 1. The molecular formula is C28H33N3O4S. The van der Waals surface area contributed by atoms with Crippen LogP contribution >= 0.6 is 0 Å². The van der Waals surface area contributed by atoms with E-state index in [4.69, 9.17) is 0 Å². The van der Waals surface area contributed by atoms with E-state index in [1.807, 2.05) is 0 Å². The van der Waals surface area contributed by atoms with Crippen molar-refractivity contribution in [1.82, 2.24) is 4.40 Å². The molecule has 0 radical (unpaired) electrons. The standard InChI is InChI=1S/C26H28N3.C2H6O4S/c1-5-28-25-19-22(12-11-21-13-15-24(16-14-21)27(3)4)17-18-29(25)20(2)26(28)23-9-7-6-8-10-23;1-2-6-7(3,4)5/h6-19H,5H2,1-4H3;2H2,1H3,(H,3,4,5)/q+1;/p-1. The molecule has 0 N–H and O–H groups in total. The van der Waals surface area contributed by atoms with Gasteiger partial charge < -0.3 is 9.45 Å². The van der Waals surface area contributed by atoms with E-state index in [0.29, 0.717) is 0 Å². The molecule has 0 aliphatic rings. The summed E-state index contributed by atoms with van der Waals surface area (Å²) in [6.07, 6.45) is 6.54. The predicted octanol–water partition coefficient (Wildman–Crippen LogP) is 4.94. The lowest BCUT2D eigenvalue weighted by Crippen LogP contribution is -2.33. The molecule has 4 aromatic rings. The highest BCUT2D eigenvalue weighted by Crippen LogP contribution is 2.23. The van der Waals surface area contributed by atoms with Crippen LogP contribution in [0.4, 0.5) is 5.69 Å². The minimum absolute atomic E-state index is 0.0914. The maximum atomic E-state index is 9.45. The van der Waals surface area contributed by atoms with E-state index in [2.05, 4.69) is 131 Å². The minimum atomic E-state index is -4.42. The number of imidazole rings is 1. The SMILES string of the molecule is CCOS(=O)(=O)[O-].CC[n+]1c(-c2ccccc2)c(C)n2ccc(/C=C/c3ccc(N(C)C)cc3)cc21. The molecule has 36 heavy (non-hydrogen) atoms. The maximum absolute atomic E-state index is 9.45. The van der Waals surface area contributed by atoms with Gasteiger partial charge in [0.05, 0.1) is 19.3 Å². The van der Waals surface area contributed by atoms with Crippen molar-refractivity contribution in [3.05, 3.63) is 89.7 Å². The van der Waals surface area contributed by atoms with Crippen LogP contribution in [-0.2, 0) is 21.1 Å². The fourth-order valence-electron chi connectivity index (χ4n) is 4.02. The van der Waals surface area contributed by atoms with E-state index >= 15 is 0 Å². The third-order valence-electron chi connectivity index (χ3n) is 5.71. The number of hydrogen-bond donors (Lipinski definition) is 0. The van der Waals surface area contributed by atoms with Crippen LogP contribution in [0, 0.1) is 6.92 Å². The van der Waals surface area contributed by atoms with Gasteiger partial charge in [0.1, 0.15) is 0 Å². The summed E-state index contributed by atoms with van der Waals surface area (Å²) in [5.74, 6) is 0. The lowest BCUT2D eigenvalue weighted by atomic mass is 10.1. The Balaban J connectivity index is 0.000000454. The number of aromatic nitrogens is 2. The lowest BCUT2D eigenvalue weighted by Gasteiger charge is -2.11. The first kappa shape index (κ1) is 27.1. The van der Waals surface area contributed by atoms with Gasteiger partial charge in [0.25, 0.3) is 5.65 Å². The van der Waals surface area contributed by atoms with E-state index in [0.717, 1.165) is 6.54 Å². The molecule has 7 nitrogen and oxygen atoms in total. The van der Waals surface area contributed by atoms with Crippen LogP contribution in [0.25, 0.3) is 29.1 Å². The quantitative estimate of drug-likeness (QED) is 0.201. The van der Waals surface area contributed by atoms with Crippen LogP contribution in [0.3, 0.4) is 0 Å². The number of nitrogens with zero attached hydrogens (tertiary/aromatic N) is 3. The van der Waals surface area contributed by atoms with Crippen molar-refractivity contribution in [2.24, 2.45) is 0 Å². The summed E-state index contributed by atoms with van der Waals surface area (Å²) < 4.78 is 36.7. The first-order valence-electron chi connectivity index (χ1n) is 11.8. The van der Waals surface area contributed by atoms with Crippen LogP contribution in [0.15, 0.2) is 72.9 Å². The molecule has 0 saturated carbocycles. The molecule has 4 rings (SSSR count). The summed E-state index contributed by atoms with van der Waals surface area (Å²) in [6.45, 7) is 6.67. The highest BCUT2D eigenvalue weighted by molar-refractivity contribution is 7.80. The Morgan fingerprint density at radius 3 is 2.14 bits per heavy atom. The molecule has 0 bridgehead atoms. The van der Waals surface area contributed by atoms with Gasteiger partial charge in [-0.15, -0.1) is 0 Å². The molecule has 0 unspecified atom stereocenters. The van der Waals surface area contributed by atoms with E-state index < -0.39 is 10.4 Å². The molecule has 2 aromatic carbocycles. The van der Waals surface area contributed by atoms with E-state index in [-0.39, 0.29) is 6.61 Å². The summed E-state index contributed by atoms with van der Waals surface area (Å²) in [7, 11) is -0.301. The Hall–Kier alpha value is -3.46. The number of rotatable bonds is 7. The van der Waals surface area contributed by atoms with Crippen LogP contribution in [0.2, 0.25) is 0 Å². The molecule has 2 heterocycles. The third kappa shape index (κ3) is 6.81. The molecule has 2 aromatic heterocycles. The van der Waals surface area contributed by atoms with Crippen LogP contribution in [0.5, 0.6) is 0 Å². The fourth-order valence-corrected chi connectivity index (χ4v) is 4.31. The van der Waals surface area contributed by atoms with Crippen LogP contribution < -0.4 is 9.47 Å². The Kier molecular flexibility index (Phi) is 9.03. The average molecular weight is 508 g/mol. The van der Waals surface area contributed by atoms with Gasteiger partial charge in [-0.1, -0.05) is 54.6 Å². The number of benzene rings is 2. The molecule has 0 spiro atoms. The molecule has 0 saturated heterocycles. The first-order chi connectivity index (χ1) is 17.1. The van der Waals surface area contributed by atoms with Gasteiger partial charge in [-0.3, -0.25) is 4.18 Å².